The lowest BCUT2D eigenvalue weighted by Gasteiger charge is -2.25. The van der Waals surface area contributed by atoms with Gasteiger partial charge in [-0.3, -0.25) is 9.59 Å². The Morgan fingerprint density at radius 3 is 2.25 bits per heavy atom. The standard InChI is InChI=1S/C26H23NO5/c1-31-16-15-27-23(19-11-8-14-21(17-19)32-20-12-6-3-7-13-20)22(25(29)26(27)30)24(28)18-9-4-2-5-10-18/h2-14,17,23,28H,15-16H2,1H3/b24-22-. The van der Waals surface area contributed by atoms with Gasteiger partial charge in [-0.15, -0.1) is 0 Å². The summed E-state index contributed by atoms with van der Waals surface area (Å²) in [4.78, 5) is 27.3. The van der Waals surface area contributed by atoms with Gasteiger partial charge in [-0.2, -0.15) is 0 Å². The molecule has 1 fully saturated rings. The first kappa shape index (κ1) is 21.3. The molecule has 1 aliphatic heterocycles. The number of benzene rings is 3. The number of Topliss-reactive ketones (excluding diaryl/α,β-unsaturated/α-hetero) is 1. The summed E-state index contributed by atoms with van der Waals surface area (Å²) in [6, 6.07) is 24.5. The fourth-order valence-electron chi connectivity index (χ4n) is 3.77. The van der Waals surface area contributed by atoms with Crippen LogP contribution in [0, 0.1) is 0 Å². The minimum Gasteiger partial charge on any atom is -0.507 e. The topological polar surface area (TPSA) is 76.1 Å². The van der Waals surface area contributed by atoms with Gasteiger partial charge in [0.2, 0.25) is 0 Å². The van der Waals surface area contributed by atoms with Crippen molar-refractivity contribution < 1.29 is 24.2 Å². The molecule has 1 unspecified atom stereocenters. The number of aliphatic hydroxyl groups excluding tert-OH is 1. The fraction of sp³-hybridized carbons (Fsp3) is 0.154. The number of rotatable bonds is 7. The summed E-state index contributed by atoms with van der Waals surface area (Å²) < 4.78 is 11.1. The highest BCUT2D eigenvalue weighted by atomic mass is 16.5. The average molecular weight is 429 g/mol. The molecule has 4 rings (SSSR count). The van der Waals surface area contributed by atoms with E-state index in [1.165, 1.54) is 12.0 Å². The molecular formula is C26H23NO5. The number of para-hydroxylation sites is 1. The summed E-state index contributed by atoms with van der Waals surface area (Å²) in [5.41, 5.74) is 1.18. The van der Waals surface area contributed by atoms with Gasteiger partial charge < -0.3 is 19.5 Å². The van der Waals surface area contributed by atoms with Crippen LogP contribution in [-0.2, 0) is 14.3 Å². The van der Waals surface area contributed by atoms with E-state index in [0.29, 0.717) is 22.6 Å². The first-order valence-electron chi connectivity index (χ1n) is 10.3. The second-order valence-corrected chi connectivity index (χ2v) is 7.34. The van der Waals surface area contributed by atoms with Crippen molar-refractivity contribution in [2.75, 3.05) is 20.3 Å². The predicted molar refractivity (Wildman–Crippen MR) is 120 cm³/mol. The Hall–Kier alpha value is -3.90. The van der Waals surface area contributed by atoms with E-state index >= 15 is 0 Å². The Labute approximate surface area is 186 Å². The van der Waals surface area contributed by atoms with Gasteiger partial charge in [0.05, 0.1) is 18.2 Å². The van der Waals surface area contributed by atoms with Crippen LogP contribution in [0.1, 0.15) is 17.2 Å². The van der Waals surface area contributed by atoms with Crippen molar-refractivity contribution >= 4 is 17.4 Å². The maximum atomic E-state index is 13.0. The van der Waals surface area contributed by atoms with E-state index in [1.807, 2.05) is 42.5 Å². The predicted octanol–water partition coefficient (Wildman–Crippen LogP) is 4.55. The SMILES string of the molecule is COCCN1C(=O)C(=O)/C(=C(\O)c2ccccc2)C1c1cccc(Oc2ccccc2)c1. The zero-order chi connectivity index (χ0) is 22.5. The summed E-state index contributed by atoms with van der Waals surface area (Å²) in [6.45, 7) is 0.468. The van der Waals surface area contributed by atoms with Crippen LogP contribution in [0.2, 0.25) is 0 Å². The second kappa shape index (κ2) is 9.49. The fourth-order valence-corrected chi connectivity index (χ4v) is 3.77. The highest BCUT2D eigenvalue weighted by Gasteiger charge is 2.45. The third-order valence-corrected chi connectivity index (χ3v) is 5.28. The molecule has 0 aliphatic carbocycles. The highest BCUT2D eigenvalue weighted by Crippen LogP contribution is 2.40. The van der Waals surface area contributed by atoms with Crippen LogP contribution in [0.3, 0.4) is 0 Å². The number of ketones is 1. The molecule has 6 nitrogen and oxygen atoms in total. The van der Waals surface area contributed by atoms with Crippen molar-refractivity contribution in [2.45, 2.75) is 6.04 Å². The zero-order valence-corrected chi connectivity index (χ0v) is 17.6. The van der Waals surface area contributed by atoms with Crippen LogP contribution in [0.15, 0.2) is 90.5 Å². The summed E-state index contributed by atoms with van der Waals surface area (Å²) >= 11 is 0. The Bertz CT molecular complexity index is 1140. The maximum absolute atomic E-state index is 13.0. The second-order valence-electron chi connectivity index (χ2n) is 7.34. The third kappa shape index (κ3) is 4.26. The van der Waals surface area contributed by atoms with Gasteiger partial charge in [0.1, 0.15) is 17.3 Å². The van der Waals surface area contributed by atoms with Crippen molar-refractivity contribution in [3.8, 4) is 11.5 Å². The Morgan fingerprint density at radius 1 is 0.906 bits per heavy atom. The molecule has 1 N–H and O–H groups in total. The summed E-state index contributed by atoms with van der Waals surface area (Å²) in [7, 11) is 1.53. The van der Waals surface area contributed by atoms with Crippen LogP contribution in [0.5, 0.6) is 11.5 Å². The molecule has 3 aromatic rings. The number of nitrogens with zero attached hydrogens (tertiary/aromatic N) is 1. The number of hydrogen-bond donors (Lipinski definition) is 1. The van der Waals surface area contributed by atoms with E-state index in [9.17, 15) is 14.7 Å². The van der Waals surface area contributed by atoms with Crippen LogP contribution < -0.4 is 4.74 Å². The zero-order valence-electron chi connectivity index (χ0n) is 17.6. The molecule has 1 atom stereocenters. The van der Waals surface area contributed by atoms with Crippen molar-refractivity contribution in [1.29, 1.82) is 0 Å². The number of hydrogen-bond acceptors (Lipinski definition) is 5. The van der Waals surface area contributed by atoms with Gasteiger partial charge in [0, 0.05) is 19.2 Å². The van der Waals surface area contributed by atoms with E-state index in [-0.39, 0.29) is 24.5 Å². The number of carbonyl (C=O) groups excluding carboxylic acids is 2. The van der Waals surface area contributed by atoms with Crippen LogP contribution in [0.4, 0.5) is 0 Å². The average Bonchev–Trinajstić information content (AvgIpc) is 3.08. The normalized spacial score (nSPS) is 17.5. The molecule has 162 valence electrons. The van der Waals surface area contributed by atoms with Crippen molar-refractivity contribution in [3.63, 3.8) is 0 Å². The van der Waals surface area contributed by atoms with Crippen LogP contribution >= 0.6 is 0 Å². The molecule has 1 saturated heterocycles. The summed E-state index contributed by atoms with van der Waals surface area (Å²) in [5, 5.41) is 11.0. The lowest BCUT2D eigenvalue weighted by atomic mass is 9.95. The van der Waals surface area contributed by atoms with Gasteiger partial charge in [-0.05, 0) is 29.8 Å². The first-order valence-corrected chi connectivity index (χ1v) is 10.3. The van der Waals surface area contributed by atoms with Gasteiger partial charge in [0.25, 0.3) is 11.7 Å². The van der Waals surface area contributed by atoms with Crippen LogP contribution in [-0.4, -0.2) is 42.0 Å². The van der Waals surface area contributed by atoms with Gasteiger partial charge in [-0.25, -0.2) is 0 Å². The van der Waals surface area contributed by atoms with E-state index in [4.69, 9.17) is 9.47 Å². The van der Waals surface area contributed by atoms with E-state index < -0.39 is 17.7 Å². The Balaban J connectivity index is 1.79. The van der Waals surface area contributed by atoms with Gasteiger partial charge >= 0.3 is 0 Å². The smallest absolute Gasteiger partial charge is 0.295 e. The number of amides is 1. The van der Waals surface area contributed by atoms with Gasteiger partial charge in [0.15, 0.2) is 0 Å². The largest absolute Gasteiger partial charge is 0.507 e. The van der Waals surface area contributed by atoms with Crippen LogP contribution in [0.25, 0.3) is 5.76 Å². The summed E-state index contributed by atoms with van der Waals surface area (Å²) in [5.74, 6) is -0.364. The van der Waals surface area contributed by atoms with E-state index in [2.05, 4.69) is 0 Å². The van der Waals surface area contributed by atoms with Crippen molar-refractivity contribution in [2.24, 2.45) is 0 Å². The lowest BCUT2D eigenvalue weighted by molar-refractivity contribution is -0.140. The molecule has 1 aliphatic rings. The molecule has 6 heteroatoms. The number of aliphatic hydroxyl groups is 1. The molecule has 0 radical (unpaired) electrons. The number of carbonyl (C=O) groups is 2. The van der Waals surface area contributed by atoms with Crippen molar-refractivity contribution in [3.05, 3.63) is 102 Å². The lowest BCUT2D eigenvalue weighted by Crippen LogP contribution is -2.32. The highest BCUT2D eigenvalue weighted by molar-refractivity contribution is 6.46. The molecule has 0 spiro atoms. The monoisotopic (exact) mass is 429 g/mol. The van der Waals surface area contributed by atoms with Gasteiger partial charge in [-0.1, -0.05) is 60.7 Å². The molecular weight excluding hydrogens is 406 g/mol. The van der Waals surface area contributed by atoms with E-state index in [1.54, 1.807) is 42.5 Å². The summed E-state index contributed by atoms with van der Waals surface area (Å²) in [6.07, 6.45) is 0. The minimum absolute atomic E-state index is 0.0502. The first-order chi connectivity index (χ1) is 15.6. The molecule has 3 aromatic carbocycles. The maximum Gasteiger partial charge on any atom is 0.295 e. The molecule has 32 heavy (non-hydrogen) atoms. The number of methoxy groups -OCH3 is 1. The quantitative estimate of drug-likeness (QED) is 0.339. The molecule has 0 aromatic heterocycles. The number of ether oxygens (including phenoxy) is 2. The Kier molecular flexibility index (Phi) is 6.33. The molecule has 1 heterocycles. The molecule has 0 saturated carbocycles. The molecule has 1 amide bonds. The third-order valence-electron chi connectivity index (χ3n) is 5.28. The number of likely N-dealkylation sites (tertiary alicyclic amines) is 1. The minimum atomic E-state index is -0.760. The molecule has 0 bridgehead atoms. The Morgan fingerprint density at radius 2 is 1.56 bits per heavy atom. The van der Waals surface area contributed by atoms with Crippen molar-refractivity contribution in [1.82, 2.24) is 4.90 Å². The van der Waals surface area contributed by atoms with E-state index in [0.717, 1.165) is 0 Å².